The Bertz CT molecular complexity index is 845. The molecule has 0 aliphatic rings. The minimum atomic E-state index is -4.04. The molecule has 0 saturated carbocycles. The van der Waals surface area contributed by atoms with Gasteiger partial charge in [-0.05, 0) is 0 Å². The fourth-order valence-corrected chi connectivity index (χ4v) is 3.24. The van der Waals surface area contributed by atoms with Crippen molar-refractivity contribution < 1.29 is 34.8 Å². The number of carbonyl (C=O) groups is 2. The molecule has 0 aromatic rings. The summed E-state index contributed by atoms with van der Waals surface area (Å²) >= 11 is 0. The molecule has 0 radical (unpaired) electrons. The van der Waals surface area contributed by atoms with Crippen molar-refractivity contribution in [1.29, 1.82) is 0 Å². The molecule has 0 saturated heterocycles. The third kappa shape index (κ3) is 9.30. The summed E-state index contributed by atoms with van der Waals surface area (Å²) < 4.78 is 67.3. The van der Waals surface area contributed by atoms with Gasteiger partial charge in [0, 0.05) is 35.5 Å². The van der Waals surface area contributed by atoms with Crippen LogP contribution in [-0.4, -0.2) is 58.8 Å². The highest BCUT2D eigenvalue weighted by Gasteiger charge is 2.26. The molecular formula is C14H22N2O8S3. The Hall–Kier alpha value is -2.25. The standard InChI is InChI=1S/C10H16N2O6S2.C4H6O2S/c1-5-19(15,16)11(9(3)13)7-8-12(10(4)14)20(17,18)6-2;1-3-7(5,6)4-2/h5-6H,1-2,7-8H2,3-4H3;3-4H,1-2H2. The maximum atomic E-state index is 11.6. The van der Waals surface area contributed by atoms with Crippen LogP contribution < -0.4 is 0 Å². The molecule has 0 aromatic heterocycles. The first-order chi connectivity index (χ1) is 12.1. The van der Waals surface area contributed by atoms with E-state index >= 15 is 0 Å². The second-order valence-corrected chi connectivity index (χ2v) is 9.98. The summed E-state index contributed by atoms with van der Waals surface area (Å²) in [7, 11) is -11.2. The van der Waals surface area contributed by atoms with Crippen LogP contribution in [0.4, 0.5) is 0 Å². The molecule has 0 aliphatic carbocycles. The van der Waals surface area contributed by atoms with Crippen LogP contribution in [0.5, 0.6) is 0 Å². The molecule has 154 valence electrons. The first kappa shape index (κ1) is 27.0. The lowest BCUT2D eigenvalue weighted by atomic mass is 10.5. The van der Waals surface area contributed by atoms with E-state index in [9.17, 15) is 34.8 Å². The van der Waals surface area contributed by atoms with E-state index in [1.54, 1.807) is 0 Å². The van der Waals surface area contributed by atoms with E-state index in [0.717, 1.165) is 24.7 Å². The highest BCUT2D eigenvalue weighted by Crippen LogP contribution is 2.07. The maximum absolute atomic E-state index is 11.6. The maximum Gasteiger partial charge on any atom is 0.259 e. The predicted molar refractivity (Wildman–Crippen MR) is 102 cm³/mol. The van der Waals surface area contributed by atoms with Gasteiger partial charge >= 0.3 is 0 Å². The minimum absolute atomic E-state index is 0.425. The van der Waals surface area contributed by atoms with Crippen LogP contribution in [0, 0.1) is 0 Å². The molecule has 0 aromatic carbocycles. The van der Waals surface area contributed by atoms with Gasteiger partial charge in [-0.3, -0.25) is 9.59 Å². The molecule has 0 spiro atoms. The fraction of sp³-hybridized carbons (Fsp3) is 0.286. The van der Waals surface area contributed by atoms with Gasteiger partial charge in [0.15, 0.2) is 9.84 Å². The Kier molecular flexibility index (Phi) is 10.8. The third-order valence-corrected chi connectivity index (χ3v) is 6.59. The molecule has 0 bridgehead atoms. The zero-order chi connectivity index (χ0) is 22.1. The van der Waals surface area contributed by atoms with Crippen LogP contribution in [0.2, 0.25) is 0 Å². The van der Waals surface area contributed by atoms with E-state index in [2.05, 4.69) is 26.3 Å². The number of carbonyl (C=O) groups excluding carboxylic acids is 2. The summed E-state index contributed by atoms with van der Waals surface area (Å²) in [5.74, 6) is -1.63. The van der Waals surface area contributed by atoms with Crippen molar-refractivity contribution in [2.24, 2.45) is 0 Å². The number of sulfone groups is 1. The van der Waals surface area contributed by atoms with Gasteiger partial charge in [-0.25, -0.2) is 33.9 Å². The number of hydrogen-bond acceptors (Lipinski definition) is 8. The average Bonchev–Trinajstić information content (AvgIpc) is 2.58. The van der Waals surface area contributed by atoms with Gasteiger partial charge < -0.3 is 0 Å². The van der Waals surface area contributed by atoms with Crippen LogP contribution in [0.25, 0.3) is 0 Å². The van der Waals surface area contributed by atoms with E-state index < -0.39 is 54.8 Å². The van der Waals surface area contributed by atoms with Crippen LogP contribution in [-0.2, 0) is 39.5 Å². The molecule has 2 amide bonds. The molecule has 0 heterocycles. The first-order valence-electron chi connectivity index (χ1n) is 6.93. The molecule has 10 nitrogen and oxygen atoms in total. The quantitative estimate of drug-likeness (QED) is 0.496. The molecule has 0 atom stereocenters. The van der Waals surface area contributed by atoms with Gasteiger partial charge in [-0.15, -0.1) is 0 Å². The van der Waals surface area contributed by atoms with Crippen molar-refractivity contribution in [3.05, 3.63) is 47.9 Å². The number of nitrogens with zero attached hydrogens (tertiary/aromatic N) is 2. The molecule has 0 unspecified atom stereocenters. The molecule has 13 heteroatoms. The van der Waals surface area contributed by atoms with E-state index in [0.29, 0.717) is 19.4 Å². The largest absolute Gasteiger partial charge is 0.274 e. The molecule has 0 fully saturated rings. The Labute approximate surface area is 160 Å². The zero-order valence-electron chi connectivity index (χ0n) is 14.9. The van der Waals surface area contributed by atoms with Crippen molar-refractivity contribution in [1.82, 2.24) is 8.61 Å². The van der Waals surface area contributed by atoms with Crippen molar-refractivity contribution >= 4 is 41.7 Å². The van der Waals surface area contributed by atoms with E-state index in [1.165, 1.54) is 0 Å². The smallest absolute Gasteiger partial charge is 0.259 e. The second kappa shape index (κ2) is 10.8. The first-order valence-corrected chi connectivity index (χ1v) is 11.5. The molecule has 0 aliphatic heterocycles. The number of hydrogen-bond donors (Lipinski definition) is 0. The Morgan fingerprint density at radius 2 is 0.926 bits per heavy atom. The van der Waals surface area contributed by atoms with Gasteiger partial charge in [-0.2, -0.15) is 0 Å². The average molecular weight is 443 g/mol. The van der Waals surface area contributed by atoms with Gasteiger partial charge in [0.05, 0.1) is 13.1 Å². The summed E-state index contributed by atoms with van der Waals surface area (Å²) in [5, 5.41) is 2.82. The van der Waals surface area contributed by atoms with E-state index in [1.807, 2.05) is 0 Å². The lowest BCUT2D eigenvalue weighted by Crippen LogP contribution is -2.43. The summed E-state index contributed by atoms with van der Waals surface area (Å²) in [6.45, 7) is 13.2. The summed E-state index contributed by atoms with van der Waals surface area (Å²) in [6.07, 6.45) is 0. The van der Waals surface area contributed by atoms with Crippen molar-refractivity contribution in [2.75, 3.05) is 13.1 Å². The number of rotatable bonds is 9. The van der Waals surface area contributed by atoms with Crippen LogP contribution in [0.15, 0.2) is 47.9 Å². The molecule has 0 N–H and O–H groups in total. The lowest BCUT2D eigenvalue weighted by molar-refractivity contribution is -0.127. The minimum Gasteiger partial charge on any atom is -0.274 e. The number of sulfonamides is 2. The highest BCUT2D eigenvalue weighted by molar-refractivity contribution is 7.97. The van der Waals surface area contributed by atoms with Crippen molar-refractivity contribution in [3.8, 4) is 0 Å². The number of amides is 2. The van der Waals surface area contributed by atoms with Gasteiger partial charge in [-0.1, -0.05) is 26.3 Å². The topological polar surface area (TPSA) is 143 Å². The SMILES string of the molecule is C=CS(=O)(=O)C=C.C=CS(=O)(=O)N(CCN(C(C)=O)S(=O)(=O)C=C)C(C)=O. The van der Waals surface area contributed by atoms with Crippen LogP contribution in [0.1, 0.15) is 13.8 Å². The fourth-order valence-electron chi connectivity index (χ4n) is 1.36. The van der Waals surface area contributed by atoms with Crippen molar-refractivity contribution in [2.45, 2.75) is 13.8 Å². The summed E-state index contributed by atoms with van der Waals surface area (Å²) in [4.78, 5) is 22.6. The molecule has 27 heavy (non-hydrogen) atoms. The molecule has 0 rings (SSSR count). The normalized spacial score (nSPS) is 11.2. The Balaban J connectivity index is 0. The zero-order valence-corrected chi connectivity index (χ0v) is 17.4. The Morgan fingerprint density at radius 1 is 0.667 bits per heavy atom. The summed E-state index contributed by atoms with van der Waals surface area (Å²) in [5.41, 5.74) is 0. The third-order valence-electron chi connectivity index (χ3n) is 2.71. The van der Waals surface area contributed by atoms with Crippen LogP contribution in [0.3, 0.4) is 0 Å². The van der Waals surface area contributed by atoms with Gasteiger partial charge in [0.1, 0.15) is 0 Å². The van der Waals surface area contributed by atoms with Crippen LogP contribution >= 0.6 is 0 Å². The monoisotopic (exact) mass is 442 g/mol. The summed E-state index contributed by atoms with van der Waals surface area (Å²) in [6, 6.07) is 0. The second-order valence-electron chi connectivity index (χ2n) is 4.53. The van der Waals surface area contributed by atoms with Gasteiger partial charge in [0.2, 0.25) is 11.8 Å². The van der Waals surface area contributed by atoms with Crippen molar-refractivity contribution in [3.63, 3.8) is 0 Å². The van der Waals surface area contributed by atoms with Gasteiger partial charge in [0.25, 0.3) is 20.0 Å². The Morgan fingerprint density at radius 3 is 1.04 bits per heavy atom. The predicted octanol–water partition coefficient (Wildman–Crippen LogP) is 0.318. The van der Waals surface area contributed by atoms with E-state index in [4.69, 9.17) is 0 Å². The molecular weight excluding hydrogens is 420 g/mol. The lowest BCUT2D eigenvalue weighted by Gasteiger charge is -2.23. The van der Waals surface area contributed by atoms with E-state index in [-0.39, 0.29) is 0 Å². The highest BCUT2D eigenvalue weighted by atomic mass is 32.2.